The molecule has 7 heteroatoms. The number of nitrogens with zero attached hydrogens (tertiary/aromatic N) is 3. The summed E-state index contributed by atoms with van der Waals surface area (Å²) >= 11 is 5.88. The van der Waals surface area contributed by atoms with Crippen molar-refractivity contribution in [2.45, 2.75) is 12.5 Å². The van der Waals surface area contributed by atoms with E-state index in [0.717, 1.165) is 9.32 Å². The molecule has 5 nitrogen and oxygen atoms in total. The van der Waals surface area contributed by atoms with Crippen molar-refractivity contribution in [3.8, 4) is 0 Å². The average Bonchev–Trinajstić information content (AvgIpc) is 2.19. The number of amides is 3. The van der Waals surface area contributed by atoms with Gasteiger partial charge in [-0.1, -0.05) is 0 Å². The number of carbonyl (C=O) groups excluding carboxylic acids is 2. The van der Waals surface area contributed by atoms with Crippen LogP contribution in [0.1, 0.15) is 6.92 Å². The molecule has 1 rings (SSSR count). The predicted molar refractivity (Wildman–Crippen MR) is 57.2 cm³/mol. The van der Waals surface area contributed by atoms with Crippen molar-refractivity contribution in [3.05, 3.63) is 0 Å². The van der Waals surface area contributed by atoms with Crippen LogP contribution in [-0.4, -0.2) is 66.0 Å². The number of quaternary nitrogens is 1. The first-order valence-electron chi connectivity index (χ1n) is 4.68. The third kappa shape index (κ3) is 2.42. The van der Waals surface area contributed by atoms with E-state index in [0.29, 0.717) is 11.0 Å². The van der Waals surface area contributed by atoms with Gasteiger partial charge in [-0.05, 0) is 6.92 Å². The van der Waals surface area contributed by atoms with E-state index in [2.05, 4.69) is 0 Å². The van der Waals surface area contributed by atoms with Gasteiger partial charge in [0.15, 0.2) is 5.54 Å². The first kappa shape index (κ1) is 15.5. The molecule has 1 unspecified atom stereocenters. The van der Waals surface area contributed by atoms with Crippen LogP contribution in [0.4, 0.5) is 4.79 Å². The Morgan fingerprint density at radius 3 is 2.00 bits per heavy atom. The number of likely N-dealkylation sites (N-methyl/N-ethyl adjacent to an activating group) is 2. The number of halogens is 2. The number of hydrogen-bond acceptors (Lipinski definition) is 2. The number of urea groups is 1. The number of imide groups is 1. The summed E-state index contributed by atoms with van der Waals surface area (Å²) in [5.41, 5.74) is -0.953. The zero-order valence-corrected chi connectivity index (χ0v) is 11.6. The minimum atomic E-state index is -0.953. The molecule has 0 aromatic heterocycles. The van der Waals surface area contributed by atoms with Crippen LogP contribution in [0, 0.1) is 0 Å². The van der Waals surface area contributed by atoms with Crippen molar-refractivity contribution in [2.24, 2.45) is 0 Å². The molecule has 0 bridgehead atoms. The Balaban J connectivity index is 0.00000225. The topological polar surface area (TPSA) is 40.6 Å². The zero-order valence-electron chi connectivity index (χ0n) is 10.1. The molecule has 0 aliphatic carbocycles. The van der Waals surface area contributed by atoms with Gasteiger partial charge in [-0.3, -0.25) is 9.69 Å². The number of carbonyl (C=O) groups is 2. The Kier molecular flexibility index (Phi) is 4.25. The molecule has 1 aliphatic rings. The summed E-state index contributed by atoms with van der Waals surface area (Å²) in [6, 6.07) is -0.461. The van der Waals surface area contributed by atoms with Gasteiger partial charge in [0, 0.05) is 18.8 Å². The number of hydrogen-bond donors (Lipinski definition) is 0. The van der Waals surface area contributed by atoms with Crippen LogP contribution in [0.5, 0.6) is 0 Å². The minimum absolute atomic E-state index is 0. The van der Waals surface area contributed by atoms with Gasteiger partial charge < -0.3 is 16.9 Å². The molecule has 1 saturated heterocycles. The first-order valence-corrected chi connectivity index (χ1v) is 5.02. The van der Waals surface area contributed by atoms with Crippen molar-refractivity contribution >= 4 is 23.7 Å². The summed E-state index contributed by atoms with van der Waals surface area (Å²) in [6.45, 7) is 2.17. The third-order valence-corrected chi connectivity index (χ3v) is 2.95. The van der Waals surface area contributed by atoms with Crippen LogP contribution < -0.4 is 12.4 Å². The SMILES string of the molecule is CN1C(=O)N(Cl)C(C)(C[N+](C)(C)C)C1=O.[Cl-]. The van der Waals surface area contributed by atoms with E-state index in [1.54, 1.807) is 6.92 Å². The van der Waals surface area contributed by atoms with Gasteiger partial charge in [-0.2, -0.15) is 0 Å². The van der Waals surface area contributed by atoms with E-state index in [4.69, 9.17) is 11.8 Å². The Morgan fingerprint density at radius 1 is 1.31 bits per heavy atom. The lowest BCUT2D eigenvalue weighted by Crippen LogP contribution is -3.00. The number of rotatable bonds is 2. The Hall–Kier alpha value is -0.520. The van der Waals surface area contributed by atoms with Gasteiger partial charge in [0.05, 0.1) is 21.1 Å². The second-order valence-electron chi connectivity index (χ2n) is 5.15. The minimum Gasteiger partial charge on any atom is -1.00 e. The molecule has 1 aliphatic heterocycles. The monoisotopic (exact) mass is 269 g/mol. The Morgan fingerprint density at radius 2 is 1.75 bits per heavy atom. The largest absolute Gasteiger partial charge is 1.00 e. The highest BCUT2D eigenvalue weighted by Gasteiger charge is 2.55. The lowest BCUT2D eigenvalue weighted by molar-refractivity contribution is -0.873. The summed E-state index contributed by atoms with van der Waals surface area (Å²) in [6.07, 6.45) is 0. The fourth-order valence-corrected chi connectivity index (χ4v) is 2.17. The molecule has 94 valence electrons. The molecular weight excluding hydrogens is 253 g/mol. The molecular formula is C9H17Cl2N3O2. The van der Waals surface area contributed by atoms with Crippen molar-refractivity contribution in [3.63, 3.8) is 0 Å². The van der Waals surface area contributed by atoms with E-state index in [-0.39, 0.29) is 18.3 Å². The molecule has 0 aromatic rings. The second kappa shape index (κ2) is 4.39. The lowest BCUT2D eigenvalue weighted by Gasteiger charge is -2.34. The van der Waals surface area contributed by atoms with Crippen molar-refractivity contribution in [1.29, 1.82) is 0 Å². The maximum atomic E-state index is 11.9. The van der Waals surface area contributed by atoms with Crippen LogP contribution in [0.25, 0.3) is 0 Å². The third-order valence-electron chi connectivity index (χ3n) is 2.44. The molecule has 16 heavy (non-hydrogen) atoms. The Labute approximate surface area is 107 Å². The second-order valence-corrected chi connectivity index (χ2v) is 5.49. The highest BCUT2D eigenvalue weighted by molar-refractivity contribution is 6.28. The molecule has 3 amide bonds. The summed E-state index contributed by atoms with van der Waals surface area (Å²) in [5.74, 6) is -0.254. The predicted octanol–water partition coefficient (Wildman–Crippen LogP) is -2.50. The molecule has 0 radical (unpaired) electrons. The van der Waals surface area contributed by atoms with Crippen LogP contribution in [-0.2, 0) is 4.79 Å². The normalized spacial score (nSPS) is 26.1. The van der Waals surface area contributed by atoms with Gasteiger partial charge in [0.1, 0.15) is 6.54 Å². The van der Waals surface area contributed by atoms with E-state index in [1.165, 1.54) is 7.05 Å². The van der Waals surface area contributed by atoms with Crippen molar-refractivity contribution < 1.29 is 26.5 Å². The molecule has 0 spiro atoms. The van der Waals surface area contributed by atoms with Crippen LogP contribution in [0.2, 0.25) is 0 Å². The van der Waals surface area contributed by atoms with Gasteiger partial charge in [0.2, 0.25) is 0 Å². The first-order chi connectivity index (χ1) is 6.59. The molecule has 0 saturated carbocycles. The average molecular weight is 270 g/mol. The molecule has 1 fully saturated rings. The standard InChI is InChI=1S/C9H17ClN3O2.ClH/c1-9(6-13(3,4)5)7(14)11(2)8(15)12(9)10;/h6H2,1-5H3;1H/q+1;/p-1. The highest BCUT2D eigenvalue weighted by atomic mass is 35.5. The lowest BCUT2D eigenvalue weighted by atomic mass is 10.0. The van der Waals surface area contributed by atoms with Crippen LogP contribution in [0.3, 0.4) is 0 Å². The maximum Gasteiger partial charge on any atom is 0.342 e. The maximum absolute atomic E-state index is 11.9. The summed E-state index contributed by atoms with van der Waals surface area (Å²) in [7, 11) is 7.30. The van der Waals surface area contributed by atoms with Gasteiger partial charge in [-0.15, -0.1) is 0 Å². The van der Waals surface area contributed by atoms with Gasteiger partial charge >= 0.3 is 6.03 Å². The van der Waals surface area contributed by atoms with Crippen LogP contribution in [0.15, 0.2) is 0 Å². The van der Waals surface area contributed by atoms with E-state index in [1.807, 2.05) is 21.1 Å². The fourth-order valence-electron chi connectivity index (χ4n) is 1.93. The van der Waals surface area contributed by atoms with E-state index >= 15 is 0 Å². The molecule has 0 aromatic carbocycles. The summed E-state index contributed by atoms with van der Waals surface area (Å²) in [4.78, 5) is 24.5. The van der Waals surface area contributed by atoms with Crippen molar-refractivity contribution in [1.82, 2.24) is 9.32 Å². The fraction of sp³-hybridized carbons (Fsp3) is 0.778. The molecule has 0 N–H and O–H groups in total. The van der Waals surface area contributed by atoms with E-state index < -0.39 is 11.6 Å². The quantitative estimate of drug-likeness (QED) is 0.316. The molecule has 1 atom stereocenters. The smallest absolute Gasteiger partial charge is 0.342 e. The molecule has 1 heterocycles. The van der Waals surface area contributed by atoms with Gasteiger partial charge in [0.25, 0.3) is 5.91 Å². The van der Waals surface area contributed by atoms with E-state index in [9.17, 15) is 9.59 Å². The van der Waals surface area contributed by atoms with Crippen LogP contribution >= 0.6 is 11.8 Å². The highest BCUT2D eigenvalue weighted by Crippen LogP contribution is 2.30. The van der Waals surface area contributed by atoms with Gasteiger partial charge in [-0.25, -0.2) is 9.21 Å². The van der Waals surface area contributed by atoms with Crippen molar-refractivity contribution in [2.75, 3.05) is 34.7 Å². The summed E-state index contributed by atoms with van der Waals surface area (Å²) in [5, 5.41) is 0. The Bertz CT molecular complexity index is 316. The summed E-state index contributed by atoms with van der Waals surface area (Å²) < 4.78 is 1.56. The zero-order chi connectivity index (χ0) is 12.0.